The highest BCUT2D eigenvalue weighted by molar-refractivity contribution is 9.10. The first-order chi connectivity index (χ1) is 20.4. The topological polar surface area (TPSA) is 84.9 Å². The van der Waals surface area contributed by atoms with Gasteiger partial charge in [-0.15, -0.1) is 0 Å². The molecule has 1 fully saturated rings. The van der Waals surface area contributed by atoms with Crippen LogP contribution in [0.15, 0.2) is 88.2 Å². The maximum Gasteiger partial charge on any atom is 0.294 e. The third-order valence-corrected chi connectivity index (χ3v) is 8.20. The summed E-state index contributed by atoms with van der Waals surface area (Å²) in [6, 6.07) is 25.3. The summed E-state index contributed by atoms with van der Waals surface area (Å²) in [5.74, 6) is 0.0773. The zero-order valence-electron chi connectivity index (χ0n) is 23.2. The third kappa shape index (κ3) is 6.69. The number of halogens is 1. The molecule has 1 aliphatic heterocycles. The molecule has 42 heavy (non-hydrogen) atoms. The first kappa shape index (κ1) is 29.4. The Hall–Kier alpha value is -4.08. The monoisotopic (exact) mass is 644 g/mol. The lowest BCUT2D eigenvalue weighted by atomic mass is 10.1. The van der Waals surface area contributed by atoms with E-state index < -0.39 is 17.1 Å². The van der Waals surface area contributed by atoms with Crippen LogP contribution in [0.1, 0.15) is 30.5 Å². The standard InChI is InChI=1S/C33H29BrN2O5S/c1-3-21-12-14-25(15-13-21)35-30(37)19-36-32(38)29(42-33(36)39)18-22-16-27(34)31(28(17-22)40-4-2)41-20-24-10-7-9-23-8-5-6-11-26(23)24/h5-18H,3-4,19-20H2,1-2H3,(H,35,37)/b29-18+. The molecule has 0 aliphatic carbocycles. The molecule has 1 aliphatic rings. The summed E-state index contributed by atoms with van der Waals surface area (Å²) in [6.45, 7) is 4.30. The number of imide groups is 1. The average molecular weight is 646 g/mol. The number of fused-ring (bicyclic) bond motifs is 1. The quantitative estimate of drug-likeness (QED) is 0.177. The molecule has 0 atom stereocenters. The molecule has 1 heterocycles. The fourth-order valence-corrected chi connectivity index (χ4v) is 6.01. The second-order valence-corrected chi connectivity index (χ2v) is 11.4. The van der Waals surface area contributed by atoms with Gasteiger partial charge >= 0.3 is 0 Å². The molecule has 4 aromatic rings. The predicted octanol–water partition coefficient (Wildman–Crippen LogP) is 7.82. The smallest absolute Gasteiger partial charge is 0.294 e. The molecule has 0 bridgehead atoms. The average Bonchev–Trinajstić information content (AvgIpc) is 3.24. The second kappa shape index (κ2) is 13.3. The van der Waals surface area contributed by atoms with E-state index in [1.54, 1.807) is 24.3 Å². The molecule has 0 saturated carbocycles. The van der Waals surface area contributed by atoms with Crippen molar-refractivity contribution in [2.75, 3.05) is 18.5 Å². The fourth-order valence-electron chi connectivity index (χ4n) is 4.60. The zero-order chi connectivity index (χ0) is 29.6. The molecule has 1 saturated heterocycles. The third-order valence-electron chi connectivity index (χ3n) is 6.70. The molecule has 0 aromatic heterocycles. The summed E-state index contributed by atoms with van der Waals surface area (Å²) in [4.78, 5) is 39.5. The van der Waals surface area contributed by atoms with Crippen LogP contribution in [0.3, 0.4) is 0 Å². The number of aryl methyl sites for hydroxylation is 1. The highest BCUT2D eigenvalue weighted by atomic mass is 79.9. The summed E-state index contributed by atoms with van der Waals surface area (Å²) < 4.78 is 12.8. The summed E-state index contributed by atoms with van der Waals surface area (Å²) in [6.07, 6.45) is 2.51. The van der Waals surface area contributed by atoms with Crippen molar-refractivity contribution in [2.45, 2.75) is 26.9 Å². The number of rotatable bonds is 10. The number of hydrogen-bond donors (Lipinski definition) is 1. The lowest BCUT2D eigenvalue weighted by Gasteiger charge is -2.16. The van der Waals surface area contributed by atoms with Crippen molar-refractivity contribution in [1.29, 1.82) is 0 Å². The Morgan fingerprint density at radius 1 is 0.976 bits per heavy atom. The number of nitrogens with zero attached hydrogens (tertiary/aromatic N) is 1. The van der Waals surface area contributed by atoms with Gasteiger partial charge in [0.15, 0.2) is 11.5 Å². The number of amides is 3. The lowest BCUT2D eigenvalue weighted by molar-refractivity contribution is -0.127. The minimum absolute atomic E-state index is 0.221. The van der Waals surface area contributed by atoms with Crippen LogP contribution in [-0.2, 0) is 22.6 Å². The number of nitrogens with one attached hydrogen (secondary N) is 1. The van der Waals surface area contributed by atoms with E-state index in [2.05, 4.69) is 39.4 Å². The Balaban J connectivity index is 1.31. The molecule has 1 N–H and O–H groups in total. The van der Waals surface area contributed by atoms with Gasteiger partial charge in [-0.2, -0.15) is 0 Å². The summed E-state index contributed by atoms with van der Waals surface area (Å²) in [5.41, 5.74) is 3.44. The van der Waals surface area contributed by atoms with Crippen LogP contribution in [0.4, 0.5) is 10.5 Å². The van der Waals surface area contributed by atoms with E-state index in [-0.39, 0.29) is 11.4 Å². The summed E-state index contributed by atoms with van der Waals surface area (Å²) in [5, 5.41) is 4.50. The van der Waals surface area contributed by atoms with Crippen molar-refractivity contribution >= 4 is 67.3 Å². The minimum atomic E-state index is -0.521. The van der Waals surface area contributed by atoms with Crippen molar-refractivity contribution in [3.8, 4) is 11.5 Å². The maximum atomic E-state index is 13.1. The molecule has 3 amide bonds. The molecule has 0 radical (unpaired) electrons. The number of carbonyl (C=O) groups is 3. The molecule has 0 unspecified atom stereocenters. The van der Waals surface area contributed by atoms with Crippen LogP contribution in [0, 0.1) is 0 Å². The first-order valence-corrected chi connectivity index (χ1v) is 15.2. The van der Waals surface area contributed by atoms with E-state index in [4.69, 9.17) is 9.47 Å². The Morgan fingerprint density at radius 3 is 2.50 bits per heavy atom. The SMILES string of the molecule is CCOc1cc(/C=C2/SC(=O)N(CC(=O)Nc3ccc(CC)cc3)C2=O)cc(Br)c1OCc1cccc2ccccc12. The molecule has 4 aromatic carbocycles. The lowest BCUT2D eigenvalue weighted by Crippen LogP contribution is -2.36. The number of benzene rings is 4. The molecular formula is C33H29BrN2O5S. The number of thioether (sulfide) groups is 1. The normalized spacial score (nSPS) is 14.1. The molecule has 0 spiro atoms. The Kier molecular flexibility index (Phi) is 9.29. The number of anilines is 1. The number of carbonyl (C=O) groups excluding carboxylic acids is 3. The Morgan fingerprint density at radius 2 is 1.74 bits per heavy atom. The van der Waals surface area contributed by atoms with E-state index in [0.29, 0.717) is 40.4 Å². The zero-order valence-corrected chi connectivity index (χ0v) is 25.6. The highest BCUT2D eigenvalue weighted by Gasteiger charge is 2.36. The van der Waals surface area contributed by atoms with Gasteiger partial charge in [-0.1, -0.05) is 61.5 Å². The predicted molar refractivity (Wildman–Crippen MR) is 171 cm³/mol. The van der Waals surface area contributed by atoms with Crippen LogP contribution >= 0.6 is 27.7 Å². The van der Waals surface area contributed by atoms with E-state index in [0.717, 1.165) is 45.0 Å². The van der Waals surface area contributed by atoms with Crippen molar-refractivity contribution < 1.29 is 23.9 Å². The summed E-state index contributed by atoms with van der Waals surface area (Å²) in [7, 11) is 0. The van der Waals surface area contributed by atoms with E-state index in [1.165, 1.54) is 0 Å². The number of ether oxygens (including phenoxy) is 2. The highest BCUT2D eigenvalue weighted by Crippen LogP contribution is 2.40. The van der Waals surface area contributed by atoms with Gasteiger partial charge in [0.2, 0.25) is 5.91 Å². The van der Waals surface area contributed by atoms with Gasteiger partial charge in [-0.3, -0.25) is 19.3 Å². The van der Waals surface area contributed by atoms with Crippen molar-refractivity contribution in [3.05, 3.63) is 105 Å². The van der Waals surface area contributed by atoms with E-state index in [9.17, 15) is 14.4 Å². The van der Waals surface area contributed by atoms with Gasteiger partial charge in [0.05, 0.1) is 16.0 Å². The molecule has 7 nitrogen and oxygen atoms in total. The largest absolute Gasteiger partial charge is 0.490 e. The molecule has 214 valence electrons. The fraction of sp³-hybridized carbons (Fsp3) is 0.182. The minimum Gasteiger partial charge on any atom is -0.490 e. The van der Waals surface area contributed by atoms with Gasteiger partial charge in [-0.05, 0) is 98.8 Å². The van der Waals surface area contributed by atoms with Crippen LogP contribution in [0.25, 0.3) is 16.8 Å². The van der Waals surface area contributed by atoms with Gasteiger partial charge < -0.3 is 14.8 Å². The van der Waals surface area contributed by atoms with Crippen LogP contribution in [0.2, 0.25) is 0 Å². The van der Waals surface area contributed by atoms with Crippen LogP contribution in [0.5, 0.6) is 11.5 Å². The molecular weight excluding hydrogens is 616 g/mol. The maximum absolute atomic E-state index is 13.1. The van der Waals surface area contributed by atoms with Crippen LogP contribution in [-0.4, -0.2) is 35.1 Å². The van der Waals surface area contributed by atoms with Gasteiger partial charge in [0, 0.05) is 5.69 Å². The van der Waals surface area contributed by atoms with Crippen molar-refractivity contribution in [2.24, 2.45) is 0 Å². The van der Waals surface area contributed by atoms with Crippen LogP contribution < -0.4 is 14.8 Å². The van der Waals surface area contributed by atoms with Gasteiger partial charge in [-0.25, -0.2) is 0 Å². The van der Waals surface area contributed by atoms with Crippen molar-refractivity contribution in [3.63, 3.8) is 0 Å². The van der Waals surface area contributed by atoms with Gasteiger partial charge in [0.1, 0.15) is 13.2 Å². The Bertz CT molecular complexity index is 1680. The molecule has 5 rings (SSSR count). The Labute approximate surface area is 257 Å². The first-order valence-electron chi connectivity index (χ1n) is 13.6. The number of hydrogen-bond acceptors (Lipinski definition) is 6. The van der Waals surface area contributed by atoms with E-state index >= 15 is 0 Å². The van der Waals surface area contributed by atoms with Crippen molar-refractivity contribution in [1.82, 2.24) is 4.90 Å². The van der Waals surface area contributed by atoms with E-state index in [1.807, 2.05) is 56.3 Å². The molecule has 9 heteroatoms. The summed E-state index contributed by atoms with van der Waals surface area (Å²) >= 11 is 4.40. The second-order valence-electron chi connectivity index (χ2n) is 9.56. The van der Waals surface area contributed by atoms with Gasteiger partial charge in [0.25, 0.3) is 11.1 Å².